The summed E-state index contributed by atoms with van der Waals surface area (Å²) < 4.78 is 0.809. The molecule has 0 radical (unpaired) electrons. The minimum absolute atomic E-state index is 0.809. The minimum atomic E-state index is 0.809. The lowest BCUT2D eigenvalue weighted by Crippen LogP contribution is -1.81. The molecule has 0 N–H and O–H groups in total. The summed E-state index contributed by atoms with van der Waals surface area (Å²) in [5, 5.41) is 0. The van der Waals surface area contributed by atoms with E-state index >= 15 is 0 Å². The fourth-order valence-corrected chi connectivity index (χ4v) is 1.50. The third kappa shape index (κ3) is 4.35. The molecular formula is C8H14BrCl. The standard InChI is InChI=1S/C8H14BrCl/c1-3-5-6-7(4-2)8(9)10/h3-6H2,1-2H3/b8-7+. The maximum atomic E-state index is 5.78. The zero-order valence-electron chi connectivity index (χ0n) is 6.58. The van der Waals surface area contributed by atoms with E-state index in [1.54, 1.807) is 0 Å². The molecule has 0 fully saturated rings. The zero-order valence-corrected chi connectivity index (χ0v) is 8.93. The van der Waals surface area contributed by atoms with Crippen LogP contribution in [-0.4, -0.2) is 0 Å². The van der Waals surface area contributed by atoms with Gasteiger partial charge in [0.1, 0.15) is 0 Å². The second kappa shape index (κ2) is 6.23. The van der Waals surface area contributed by atoms with Crippen molar-refractivity contribution in [2.75, 3.05) is 0 Å². The first-order valence-corrected chi connectivity index (χ1v) is 4.92. The number of hydrogen-bond acceptors (Lipinski definition) is 0. The summed E-state index contributed by atoms with van der Waals surface area (Å²) in [6, 6.07) is 0. The summed E-state index contributed by atoms with van der Waals surface area (Å²) in [6.07, 6.45) is 4.67. The first kappa shape index (κ1) is 10.5. The molecule has 0 aliphatic heterocycles. The summed E-state index contributed by atoms with van der Waals surface area (Å²) >= 11 is 9.05. The van der Waals surface area contributed by atoms with Crippen LogP contribution in [0.4, 0.5) is 0 Å². The molecular weight excluding hydrogens is 211 g/mol. The van der Waals surface area contributed by atoms with Crippen LogP contribution in [0.2, 0.25) is 0 Å². The van der Waals surface area contributed by atoms with Gasteiger partial charge in [-0.1, -0.05) is 31.9 Å². The first-order valence-electron chi connectivity index (χ1n) is 3.75. The number of halogens is 2. The molecule has 0 unspecified atom stereocenters. The quantitative estimate of drug-likeness (QED) is 0.664. The van der Waals surface area contributed by atoms with Crippen molar-refractivity contribution in [3.05, 3.63) is 9.51 Å². The van der Waals surface area contributed by atoms with Crippen LogP contribution in [0.15, 0.2) is 9.51 Å². The molecule has 0 spiro atoms. The maximum Gasteiger partial charge on any atom is 0.0825 e. The van der Waals surface area contributed by atoms with Crippen LogP contribution < -0.4 is 0 Å². The molecule has 0 atom stereocenters. The summed E-state index contributed by atoms with van der Waals surface area (Å²) in [7, 11) is 0. The van der Waals surface area contributed by atoms with Gasteiger partial charge in [0.25, 0.3) is 0 Å². The SMILES string of the molecule is CCCC/C(CC)=C(/Cl)Br. The van der Waals surface area contributed by atoms with Crippen molar-refractivity contribution in [3.8, 4) is 0 Å². The molecule has 0 aliphatic carbocycles. The predicted molar refractivity (Wildman–Crippen MR) is 51.6 cm³/mol. The Kier molecular flexibility index (Phi) is 6.55. The van der Waals surface area contributed by atoms with Crippen molar-refractivity contribution >= 4 is 27.5 Å². The average molecular weight is 226 g/mol. The molecule has 10 heavy (non-hydrogen) atoms. The van der Waals surface area contributed by atoms with E-state index in [2.05, 4.69) is 29.8 Å². The third-order valence-electron chi connectivity index (χ3n) is 1.53. The molecule has 0 heterocycles. The molecule has 0 nitrogen and oxygen atoms in total. The van der Waals surface area contributed by atoms with Crippen molar-refractivity contribution in [3.63, 3.8) is 0 Å². The Morgan fingerprint density at radius 3 is 2.30 bits per heavy atom. The lowest BCUT2D eigenvalue weighted by atomic mass is 10.1. The van der Waals surface area contributed by atoms with Gasteiger partial charge in [-0.2, -0.15) is 0 Å². The van der Waals surface area contributed by atoms with E-state index in [9.17, 15) is 0 Å². The number of allylic oxidation sites excluding steroid dienone is 1. The van der Waals surface area contributed by atoms with Crippen molar-refractivity contribution < 1.29 is 0 Å². The smallest absolute Gasteiger partial charge is 0.0762 e. The number of rotatable bonds is 4. The molecule has 0 amide bonds. The monoisotopic (exact) mass is 224 g/mol. The van der Waals surface area contributed by atoms with Gasteiger partial charge in [0.15, 0.2) is 0 Å². The maximum absolute atomic E-state index is 5.78. The van der Waals surface area contributed by atoms with E-state index in [-0.39, 0.29) is 0 Å². The highest BCUT2D eigenvalue weighted by molar-refractivity contribution is 9.12. The van der Waals surface area contributed by atoms with Crippen LogP contribution in [0.5, 0.6) is 0 Å². The van der Waals surface area contributed by atoms with E-state index in [0.29, 0.717) is 0 Å². The van der Waals surface area contributed by atoms with E-state index in [4.69, 9.17) is 11.6 Å². The van der Waals surface area contributed by atoms with Gasteiger partial charge in [-0.05, 0) is 40.8 Å². The normalized spacial score (nSPS) is 13.2. The van der Waals surface area contributed by atoms with E-state index in [1.807, 2.05) is 0 Å². The van der Waals surface area contributed by atoms with E-state index in [0.717, 1.165) is 16.8 Å². The largest absolute Gasteiger partial charge is 0.0825 e. The van der Waals surface area contributed by atoms with Crippen molar-refractivity contribution in [2.45, 2.75) is 39.5 Å². The van der Waals surface area contributed by atoms with E-state index < -0.39 is 0 Å². The number of unbranched alkanes of at least 4 members (excludes halogenated alkanes) is 1. The second-order valence-corrected chi connectivity index (χ2v) is 3.95. The van der Waals surface area contributed by atoms with Crippen LogP contribution in [0, 0.1) is 0 Å². The Morgan fingerprint density at radius 1 is 1.40 bits per heavy atom. The molecule has 0 rings (SSSR count). The Morgan fingerprint density at radius 2 is 2.00 bits per heavy atom. The predicted octanol–water partition coefficient (Wildman–Crippen LogP) is 4.43. The minimum Gasteiger partial charge on any atom is -0.0762 e. The van der Waals surface area contributed by atoms with Crippen LogP contribution in [-0.2, 0) is 0 Å². The van der Waals surface area contributed by atoms with Gasteiger partial charge in [0.05, 0.1) is 3.94 Å². The van der Waals surface area contributed by atoms with Gasteiger partial charge in [0.2, 0.25) is 0 Å². The van der Waals surface area contributed by atoms with Gasteiger partial charge < -0.3 is 0 Å². The van der Waals surface area contributed by atoms with Gasteiger partial charge >= 0.3 is 0 Å². The molecule has 60 valence electrons. The summed E-state index contributed by atoms with van der Waals surface area (Å²) in [6.45, 7) is 4.32. The fourth-order valence-electron chi connectivity index (χ4n) is 0.795. The van der Waals surface area contributed by atoms with Gasteiger partial charge in [0, 0.05) is 0 Å². The highest BCUT2D eigenvalue weighted by Crippen LogP contribution is 2.23. The lowest BCUT2D eigenvalue weighted by molar-refractivity contribution is 0.767. The van der Waals surface area contributed by atoms with Crippen LogP contribution in [0.1, 0.15) is 39.5 Å². The first-order chi connectivity index (χ1) is 4.72. The lowest BCUT2D eigenvalue weighted by Gasteiger charge is -2.02. The Balaban J connectivity index is 3.73. The number of hydrogen-bond donors (Lipinski definition) is 0. The van der Waals surface area contributed by atoms with Crippen LogP contribution in [0.25, 0.3) is 0 Å². The van der Waals surface area contributed by atoms with Crippen LogP contribution >= 0.6 is 27.5 Å². The summed E-state index contributed by atoms with van der Waals surface area (Å²) in [5.74, 6) is 0. The molecule has 0 saturated carbocycles. The molecule has 0 bridgehead atoms. The highest BCUT2D eigenvalue weighted by atomic mass is 79.9. The Hall–Kier alpha value is 0.510. The van der Waals surface area contributed by atoms with Gasteiger partial charge in [-0.15, -0.1) is 0 Å². The molecule has 0 aromatic rings. The van der Waals surface area contributed by atoms with Gasteiger partial charge in [-0.3, -0.25) is 0 Å². The molecule has 0 aromatic heterocycles. The fraction of sp³-hybridized carbons (Fsp3) is 0.750. The van der Waals surface area contributed by atoms with Gasteiger partial charge in [-0.25, -0.2) is 0 Å². The second-order valence-electron chi connectivity index (χ2n) is 2.32. The van der Waals surface area contributed by atoms with E-state index in [1.165, 1.54) is 18.4 Å². The average Bonchev–Trinajstić information content (AvgIpc) is 1.89. The molecule has 0 aliphatic rings. The third-order valence-corrected chi connectivity index (χ3v) is 2.35. The zero-order chi connectivity index (χ0) is 7.98. The Labute approximate surface area is 76.8 Å². The van der Waals surface area contributed by atoms with Crippen molar-refractivity contribution in [1.82, 2.24) is 0 Å². The highest BCUT2D eigenvalue weighted by Gasteiger charge is 1.97. The summed E-state index contributed by atoms with van der Waals surface area (Å²) in [5.41, 5.74) is 1.34. The van der Waals surface area contributed by atoms with Crippen molar-refractivity contribution in [2.24, 2.45) is 0 Å². The molecule has 0 aromatic carbocycles. The topological polar surface area (TPSA) is 0 Å². The molecule has 0 saturated heterocycles. The Bertz CT molecular complexity index is 114. The van der Waals surface area contributed by atoms with Crippen molar-refractivity contribution in [1.29, 1.82) is 0 Å². The molecule has 2 heteroatoms. The van der Waals surface area contributed by atoms with Crippen LogP contribution in [0.3, 0.4) is 0 Å². The summed E-state index contributed by atoms with van der Waals surface area (Å²) in [4.78, 5) is 0.